The summed E-state index contributed by atoms with van der Waals surface area (Å²) in [5.41, 5.74) is -0.315. The summed E-state index contributed by atoms with van der Waals surface area (Å²) in [6.07, 6.45) is 3.71. The molecular formula is C30H33N3O8S. The number of benzene rings is 2. The van der Waals surface area contributed by atoms with E-state index in [0.717, 1.165) is 5.56 Å². The minimum Gasteiger partial charge on any atom is -0.445 e. The lowest BCUT2D eigenvalue weighted by Crippen LogP contribution is -2.48. The summed E-state index contributed by atoms with van der Waals surface area (Å²) in [5.74, 6) is -0.636. The monoisotopic (exact) mass is 595 g/mol. The van der Waals surface area contributed by atoms with Gasteiger partial charge in [0.05, 0.1) is 22.4 Å². The lowest BCUT2D eigenvalue weighted by molar-refractivity contribution is -0.155. The van der Waals surface area contributed by atoms with Crippen molar-refractivity contribution in [1.29, 1.82) is 0 Å². The van der Waals surface area contributed by atoms with Crippen LogP contribution in [-0.2, 0) is 42.4 Å². The van der Waals surface area contributed by atoms with E-state index in [-0.39, 0.29) is 48.1 Å². The fourth-order valence-corrected chi connectivity index (χ4v) is 8.11. The van der Waals surface area contributed by atoms with Gasteiger partial charge in [-0.1, -0.05) is 36.4 Å². The number of carbonyl (C=O) groups is 2. The Balaban J connectivity index is 1.17. The number of fused-ring (bicyclic) bond motifs is 1. The van der Waals surface area contributed by atoms with Gasteiger partial charge in [0, 0.05) is 36.7 Å². The van der Waals surface area contributed by atoms with Gasteiger partial charge in [-0.05, 0) is 55.9 Å². The minimum absolute atomic E-state index is 0.0297. The number of nitrogens with zero attached hydrogens (tertiary/aromatic N) is 2. The van der Waals surface area contributed by atoms with Crippen LogP contribution in [-0.4, -0.2) is 60.7 Å². The Labute approximate surface area is 243 Å². The van der Waals surface area contributed by atoms with Crippen molar-refractivity contribution in [1.82, 2.24) is 14.2 Å². The average Bonchev–Trinajstić information content (AvgIpc) is 3.72. The molecular weight excluding hydrogens is 562 g/mol. The zero-order valence-electron chi connectivity index (χ0n) is 23.1. The predicted molar refractivity (Wildman–Crippen MR) is 152 cm³/mol. The van der Waals surface area contributed by atoms with Crippen LogP contribution in [0.2, 0.25) is 0 Å². The number of hydrogen-bond donors (Lipinski definition) is 1. The Kier molecular flexibility index (Phi) is 7.77. The van der Waals surface area contributed by atoms with Crippen molar-refractivity contribution in [3.8, 4) is 0 Å². The molecule has 0 radical (unpaired) electrons. The number of amides is 1. The molecule has 2 saturated heterocycles. The summed E-state index contributed by atoms with van der Waals surface area (Å²) in [7, 11) is -4.01. The maximum absolute atomic E-state index is 14.0. The highest BCUT2D eigenvalue weighted by atomic mass is 32.2. The highest BCUT2D eigenvalue weighted by molar-refractivity contribution is 7.89. The number of pyridine rings is 1. The van der Waals surface area contributed by atoms with Crippen molar-refractivity contribution in [2.24, 2.45) is 5.92 Å². The lowest BCUT2D eigenvalue weighted by atomic mass is 10.0. The van der Waals surface area contributed by atoms with E-state index in [0.29, 0.717) is 50.7 Å². The Morgan fingerprint density at radius 3 is 2.45 bits per heavy atom. The Morgan fingerprint density at radius 1 is 0.952 bits per heavy atom. The molecule has 42 heavy (non-hydrogen) atoms. The fraction of sp³-hybridized carbons (Fsp3) is 0.433. The van der Waals surface area contributed by atoms with E-state index >= 15 is 0 Å². The summed E-state index contributed by atoms with van der Waals surface area (Å²) < 4.78 is 46.8. The molecule has 3 fully saturated rings. The molecule has 1 unspecified atom stereocenters. The standard InChI is InChI=1S/C30H33N3O8S/c34-27-24-7-4-8-25(23(24)9-15-32(27)20-41-28(35)22-11-17-39-18-12-22)42(37,38)33-16-10-26(30(33)13-14-30)31-29(36)40-19-21-5-2-1-3-6-21/h1-9,15,22,26H,10-14,16-20H2,(H,31,36). The van der Waals surface area contributed by atoms with E-state index in [1.165, 1.54) is 21.1 Å². The van der Waals surface area contributed by atoms with Gasteiger partial charge in [0.1, 0.15) is 6.61 Å². The smallest absolute Gasteiger partial charge is 0.407 e. The maximum atomic E-state index is 14.0. The average molecular weight is 596 g/mol. The highest BCUT2D eigenvalue weighted by Gasteiger charge is 2.62. The molecule has 2 aliphatic heterocycles. The van der Waals surface area contributed by atoms with Crippen molar-refractivity contribution >= 4 is 32.9 Å². The van der Waals surface area contributed by atoms with Crippen molar-refractivity contribution < 1.29 is 32.2 Å². The number of carbonyl (C=O) groups excluding carboxylic acids is 2. The molecule has 1 saturated carbocycles. The third-order valence-corrected chi connectivity index (χ3v) is 10.5. The zero-order valence-corrected chi connectivity index (χ0v) is 23.9. The third kappa shape index (κ3) is 5.41. The molecule has 2 aromatic carbocycles. The van der Waals surface area contributed by atoms with Gasteiger partial charge < -0.3 is 19.5 Å². The number of esters is 1. The van der Waals surface area contributed by atoms with E-state index in [2.05, 4.69) is 5.32 Å². The second-order valence-electron chi connectivity index (χ2n) is 11.0. The molecule has 12 heteroatoms. The molecule has 1 amide bonds. The van der Waals surface area contributed by atoms with E-state index in [4.69, 9.17) is 14.2 Å². The molecule has 222 valence electrons. The summed E-state index contributed by atoms with van der Waals surface area (Å²) in [6.45, 7) is 1.10. The third-order valence-electron chi connectivity index (χ3n) is 8.48. The molecule has 3 aromatic rings. The molecule has 3 aliphatic rings. The van der Waals surface area contributed by atoms with Crippen molar-refractivity contribution in [2.75, 3.05) is 19.8 Å². The van der Waals surface area contributed by atoms with Gasteiger partial charge in [-0.15, -0.1) is 0 Å². The number of ether oxygens (including phenoxy) is 3. The van der Waals surface area contributed by atoms with Crippen LogP contribution in [0.25, 0.3) is 10.8 Å². The van der Waals surface area contributed by atoms with Crippen LogP contribution in [0.4, 0.5) is 4.79 Å². The first-order valence-corrected chi connectivity index (χ1v) is 15.6. The number of aromatic nitrogens is 1. The molecule has 1 atom stereocenters. The normalized spacial score (nSPS) is 20.4. The number of hydrogen-bond acceptors (Lipinski definition) is 8. The van der Waals surface area contributed by atoms with Crippen LogP contribution in [0.3, 0.4) is 0 Å². The molecule has 1 aliphatic carbocycles. The number of sulfonamides is 1. The van der Waals surface area contributed by atoms with Crippen LogP contribution in [0, 0.1) is 5.92 Å². The van der Waals surface area contributed by atoms with Gasteiger partial charge in [0.25, 0.3) is 5.56 Å². The first-order valence-electron chi connectivity index (χ1n) is 14.2. The predicted octanol–water partition coefficient (Wildman–Crippen LogP) is 3.15. The maximum Gasteiger partial charge on any atom is 0.407 e. The highest BCUT2D eigenvalue weighted by Crippen LogP contribution is 2.52. The van der Waals surface area contributed by atoms with Gasteiger partial charge in [0.15, 0.2) is 6.73 Å². The first kappa shape index (κ1) is 28.4. The molecule has 3 heterocycles. The Bertz CT molecular complexity index is 1650. The first-order chi connectivity index (χ1) is 20.3. The summed E-state index contributed by atoms with van der Waals surface area (Å²) >= 11 is 0. The van der Waals surface area contributed by atoms with Crippen molar-refractivity contribution in [2.45, 2.75) is 61.9 Å². The van der Waals surface area contributed by atoms with Crippen molar-refractivity contribution in [3.63, 3.8) is 0 Å². The van der Waals surface area contributed by atoms with Crippen LogP contribution < -0.4 is 10.9 Å². The van der Waals surface area contributed by atoms with Gasteiger partial charge >= 0.3 is 12.1 Å². The lowest BCUT2D eigenvalue weighted by Gasteiger charge is -2.28. The summed E-state index contributed by atoms with van der Waals surface area (Å²) in [6, 6.07) is 15.1. The van der Waals surface area contributed by atoms with Gasteiger partial charge in [-0.2, -0.15) is 4.31 Å². The molecule has 11 nitrogen and oxygen atoms in total. The number of alkyl carbamates (subject to hydrolysis) is 1. The number of nitrogens with one attached hydrogen (secondary N) is 1. The van der Waals surface area contributed by atoms with E-state index < -0.39 is 27.2 Å². The SMILES string of the molecule is O=C(NC1CCN(S(=O)(=O)c2cccc3c(=O)n(COC(=O)C4CCOCC4)ccc23)C12CC2)OCc1ccccc1. The van der Waals surface area contributed by atoms with Gasteiger partial charge in [-0.3, -0.25) is 14.2 Å². The van der Waals surface area contributed by atoms with E-state index in [1.54, 1.807) is 18.2 Å². The van der Waals surface area contributed by atoms with Crippen LogP contribution in [0.5, 0.6) is 0 Å². The zero-order chi connectivity index (χ0) is 29.3. The Hall–Kier alpha value is -3.74. The van der Waals surface area contributed by atoms with E-state index in [9.17, 15) is 22.8 Å². The Morgan fingerprint density at radius 2 is 1.71 bits per heavy atom. The van der Waals surface area contributed by atoms with Crippen molar-refractivity contribution in [3.05, 3.63) is 76.7 Å². The molecule has 1 aromatic heterocycles. The molecule has 6 rings (SSSR count). The van der Waals surface area contributed by atoms with Gasteiger partial charge in [-0.25, -0.2) is 13.2 Å². The van der Waals surface area contributed by atoms with Gasteiger partial charge in [0.2, 0.25) is 10.0 Å². The van der Waals surface area contributed by atoms with E-state index in [1.807, 2.05) is 30.3 Å². The summed E-state index contributed by atoms with van der Waals surface area (Å²) in [4.78, 5) is 38.3. The second-order valence-corrected chi connectivity index (χ2v) is 12.8. The van der Waals surface area contributed by atoms with Crippen LogP contribution >= 0.6 is 0 Å². The second kappa shape index (κ2) is 11.5. The quantitative estimate of drug-likeness (QED) is 0.393. The number of rotatable bonds is 8. The van der Waals surface area contributed by atoms with Crippen LogP contribution in [0.15, 0.2) is 70.5 Å². The molecule has 0 bridgehead atoms. The summed E-state index contributed by atoms with van der Waals surface area (Å²) in [5, 5.41) is 3.39. The topological polar surface area (TPSA) is 133 Å². The van der Waals surface area contributed by atoms with Crippen LogP contribution in [0.1, 0.15) is 37.7 Å². The minimum atomic E-state index is -4.01. The molecule has 1 N–H and O–H groups in total. The fourth-order valence-electron chi connectivity index (χ4n) is 6.03. The molecule has 1 spiro atoms. The largest absolute Gasteiger partial charge is 0.445 e.